The van der Waals surface area contributed by atoms with Crippen molar-refractivity contribution in [2.45, 2.75) is 31.8 Å². The van der Waals surface area contributed by atoms with Crippen LogP contribution < -0.4 is 4.74 Å². The highest BCUT2D eigenvalue weighted by Crippen LogP contribution is 2.32. The summed E-state index contributed by atoms with van der Waals surface area (Å²) in [5.74, 6) is -0.998. The molecule has 29 heavy (non-hydrogen) atoms. The molecular formula is C21H19ClN4O3. The van der Waals surface area contributed by atoms with E-state index in [0.717, 1.165) is 16.5 Å². The first kappa shape index (κ1) is 18.0. The lowest BCUT2D eigenvalue weighted by Gasteiger charge is -2.25. The fourth-order valence-corrected chi connectivity index (χ4v) is 4.20. The molecule has 0 bridgehead atoms. The number of halogens is 1. The van der Waals surface area contributed by atoms with E-state index in [9.17, 15) is 4.79 Å². The van der Waals surface area contributed by atoms with Gasteiger partial charge in [-0.05, 0) is 49.3 Å². The van der Waals surface area contributed by atoms with E-state index in [2.05, 4.69) is 19.9 Å². The summed E-state index contributed by atoms with van der Waals surface area (Å²) >= 11 is 6.49. The van der Waals surface area contributed by atoms with Gasteiger partial charge in [-0.2, -0.15) is 4.98 Å². The molecule has 3 aromatic heterocycles. The first-order valence-corrected chi connectivity index (χ1v) is 9.98. The van der Waals surface area contributed by atoms with Crippen molar-refractivity contribution in [1.82, 2.24) is 19.9 Å². The van der Waals surface area contributed by atoms with Gasteiger partial charge in [-0.3, -0.25) is 4.79 Å². The molecule has 0 aliphatic heterocycles. The van der Waals surface area contributed by atoms with Gasteiger partial charge in [0.2, 0.25) is 0 Å². The first-order valence-electron chi connectivity index (χ1n) is 9.60. The Hall–Kier alpha value is -3.06. The number of imidazole rings is 1. The molecule has 1 aromatic carbocycles. The largest absolute Gasteiger partial charge is 0.481 e. The molecule has 0 amide bonds. The van der Waals surface area contributed by atoms with Gasteiger partial charge in [0, 0.05) is 17.3 Å². The van der Waals surface area contributed by atoms with Crippen molar-refractivity contribution in [2.75, 3.05) is 0 Å². The van der Waals surface area contributed by atoms with Gasteiger partial charge >= 0.3 is 5.97 Å². The molecule has 0 spiro atoms. The van der Waals surface area contributed by atoms with Crippen LogP contribution >= 0.6 is 11.6 Å². The van der Waals surface area contributed by atoms with Gasteiger partial charge in [0.05, 0.1) is 22.2 Å². The van der Waals surface area contributed by atoms with Gasteiger partial charge in [-0.25, -0.2) is 4.98 Å². The van der Waals surface area contributed by atoms with E-state index < -0.39 is 5.97 Å². The van der Waals surface area contributed by atoms with E-state index in [1.807, 2.05) is 30.5 Å². The molecule has 7 nitrogen and oxygen atoms in total. The lowest BCUT2D eigenvalue weighted by atomic mass is 9.87. The van der Waals surface area contributed by atoms with Crippen LogP contribution in [0.1, 0.15) is 25.7 Å². The quantitative estimate of drug-likeness (QED) is 0.449. The number of carboxylic acid groups (broad SMARTS) is 1. The summed E-state index contributed by atoms with van der Waals surface area (Å²) in [6.07, 6.45) is 4.49. The molecule has 0 saturated heterocycles. The van der Waals surface area contributed by atoms with Crippen LogP contribution in [0.4, 0.5) is 0 Å². The minimum atomic E-state index is -0.726. The number of rotatable bonds is 4. The zero-order chi connectivity index (χ0) is 20.0. The summed E-state index contributed by atoms with van der Waals surface area (Å²) < 4.78 is 5.95. The van der Waals surface area contributed by atoms with Crippen molar-refractivity contribution in [3.05, 3.63) is 41.6 Å². The molecule has 0 atom stereocenters. The van der Waals surface area contributed by atoms with Gasteiger partial charge < -0.3 is 19.8 Å². The molecule has 8 heteroatoms. The van der Waals surface area contributed by atoms with Gasteiger partial charge in [-0.15, -0.1) is 0 Å². The number of carboxylic acids is 1. The van der Waals surface area contributed by atoms with Crippen LogP contribution in [0.3, 0.4) is 0 Å². The maximum atomic E-state index is 11.1. The van der Waals surface area contributed by atoms with Crippen molar-refractivity contribution in [3.63, 3.8) is 0 Å². The third kappa shape index (κ3) is 3.42. The van der Waals surface area contributed by atoms with Crippen LogP contribution in [-0.2, 0) is 4.79 Å². The third-order valence-electron chi connectivity index (χ3n) is 5.54. The molecule has 0 radical (unpaired) electrons. The molecule has 0 unspecified atom stereocenters. The molecule has 5 rings (SSSR count). The second-order valence-electron chi connectivity index (χ2n) is 7.44. The predicted octanol–water partition coefficient (Wildman–Crippen LogP) is 4.78. The molecule has 148 valence electrons. The number of pyridine rings is 1. The van der Waals surface area contributed by atoms with Gasteiger partial charge in [-0.1, -0.05) is 23.7 Å². The molecule has 4 aromatic rings. The fourth-order valence-electron chi connectivity index (χ4n) is 3.93. The molecule has 3 heterocycles. The number of aliphatic carboxylic acids is 1. The monoisotopic (exact) mass is 410 g/mol. The fraction of sp³-hybridized carbons (Fsp3) is 0.286. The first-order chi connectivity index (χ1) is 14.1. The maximum Gasteiger partial charge on any atom is 0.306 e. The predicted molar refractivity (Wildman–Crippen MR) is 110 cm³/mol. The minimum Gasteiger partial charge on any atom is -0.481 e. The summed E-state index contributed by atoms with van der Waals surface area (Å²) in [6, 6.07) is 10.2. The number of fused-ring (bicyclic) bond motifs is 2. The highest BCUT2D eigenvalue weighted by molar-refractivity contribution is 6.33. The highest BCUT2D eigenvalue weighted by Gasteiger charge is 2.27. The second-order valence-corrected chi connectivity index (χ2v) is 7.85. The van der Waals surface area contributed by atoms with Crippen LogP contribution in [0.15, 0.2) is 36.5 Å². The molecule has 1 saturated carbocycles. The van der Waals surface area contributed by atoms with Crippen LogP contribution in [-0.4, -0.2) is 37.1 Å². The van der Waals surface area contributed by atoms with Crippen LogP contribution in [0, 0.1) is 5.92 Å². The average molecular weight is 411 g/mol. The second kappa shape index (κ2) is 7.08. The van der Waals surface area contributed by atoms with Gasteiger partial charge in [0.1, 0.15) is 6.10 Å². The number of aromatic nitrogens is 4. The summed E-state index contributed by atoms with van der Waals surface area (Å²) in [6.45, 7) is 0. The smallest absolute Gasteiger partial charge is 0.306 e. The number of H-pyrrole nitrogens is 2. The average Bonchev–Trinajstić information content (AvgIpc) is 3.33. The van der Waals surface area contributed by atoms with E-state index >= 15 is 0 Å². The number of aromatic amines is 2. The maximum absolute atomic E-state index is 11.1. The lowest BCUT2D eigenvalue weighted by molar-refractivity contribution is -0.143. The number of carbonyl (C=O) groups is 1. The van der Waals surface area contributed by atoms with Crippen molar-refractivity contribution < 1.29 is 14.6 Å². The summed E-state index contributed by atoms with van der Waals surface area (Å²) in [7, 11) is 0. The van der Waals surface area contributed by atoms with Crippen molar-refractivity contribution in [1.29, 1.82) is 0 Å². The van der Waals surface area contributed by atoms with E-state index in [-0.39, 0.29) is 12.0 Å². The molecule has 1 fully saturated rings. The number of hydrogen-bond acceptors (Lipinski definition) is 4. The Balaban J connectivity index is 1.40. The van der Waals surface area contributed by atoms with Crippen LogP contribution in [0.5, 0.6) is 6.01 Å². The summed E-state index contributed by atoms with van der Waals surface area (Å²) in [5, 5.41) is 10.8. The number of ether oxygens (including phenoxy) is 1. The summed E-state index contributed by atoms with van der Waals surface area (Å²) in [4.78, 5) is 26.5. The molecule has 1 aliphatic carbocycles. The number of nitrogens with one attached hydrogen (secondary N) is 2. The van der Waals surface area contributed by atoms with Crippen molar-refractivity contribution in [2.24, 2.45) is 5.92 Å². The Bertz CT molecular complexity index is 1210. The number of nitrogens with zero attached hydrogens (tertiary/aromatic N) is 2. The Morgan fingerprint density at radius 3 is 2.72 bits per heavy atom. The van der Waals surface area contributed by atoms with Crippen LogP contribution in [0.2, 0.25) is 5.02 Å². The Labute approximate surface area is 171 Å². The van der Waals surface area contributed by atoms with Gasteiger partial charge in [0.15, 0.2) is 5.65 Å². The zero-order valence-electron chi connectivity index (χ0n) is 15.5. The topological polar surface area (TPSA) is 104 Å². The normalized spacial score (nSPS) is 19.6. The molecule has 3 N–H and O–H groups in total. The number of hydrogen-bond donors (Lipinski definition) is 3. The Morgan fingerprint density at radius 1 is 1.10 bits per heavy atom. The summed E-state index contributed by atoms with van der Waals surface area (Å²) in [5.41, 5.74) is 3.82. The highest BCUT2D eigenvalue weighted by atomic mass is 35.5. The minimum absolute atomic E-state index is 0.0450. The number of benzene rings is 1. The van der Waals surface area contributed by atoms with E-state index in [1.165, 1.54) is 0 Å². The van der Waals surface area contributed by atoms with E-state index in [1.54, 1.807) is 6.07 Å². The van der Waals surface area contributed by atoms with Crippen LogP contribution in [0.25, 0.3) is 33.3 Å². The van der Waals surface area contributed by atoms with E-state index in [4.69, 9.17) is 21.4 Å². The standard InChI is InChI=1S/C21H19ClN4O3/c22-15-10-17-19(25-18(15)13-2-1-11-7-8-23-16(11)9-13)26-21(24-17)29-14-5-3-12(4-6-14)20(27)28/h1-2,7-10,12,14,23H,3-6H2,(H,27,28)(H,24,25,26). The third-order valence-corrected chi connectivity index (χ3v) is 5.82. The SMILES string of the molecule is O=C(O)C1CCC(Oc2nc3nc(-c4ccc5cc[nH]c5c4)c(Cl)cc3[nH]2)CC1. The lowest BCUT2D eigenvalue weighted by Crippen LogP contribution is -2.28. The Morgan fingerprint density at radius 2 is 1.93 bits per heavy atom. The molecular weight excluding hydrogens is 392 g/mol. The zero-order valence-corrected chi connectivity index (χ0v) is 16.2. The van der Waals surface area contributed by atoms with Gasteiger partial charge in [0.25, 0.3) is 6.01 Å². The van der Waals surface area contributed by atoms with Crippen molar-refractivity contribution >= 4 is 39.6 Å². The molecule has 1 aliphatic rings. The van der Waals surface area contributed by atoms with E-state index in [0.29, 0.717) is 53.6 Å². The Kier molecular flexibility index (Phi) is 4.39. The van der Waals surface area contributed by atoms with Crippen molar-refractivity contribution in [3.8, 4) is 17.3 Å².